The van der Waals surface area contributed by atoms with Crippen LogP contribution in [0.4, 0.5) is 0 Å². The Kier molecular flexibility index (Phi) is 8.43. The number of aliphatic hydroxyl groups excluding tert-OH is 1. The van der Waals surface area contributed by atoms with Crippen LogP contribution in [-0.4, -0.2) is 55.4 Å². The number of sulfone groups is 1. The SMILES string of the molecule is O=CO.O=S(=O)(CCN1CCC(C(O)c2cccs2)CC1)c1ccccc1. The Morgan fingerprint density at radius 3 is 2.33 bits per heavy atom. The lowest BCUT2D eigenvalue weighted by molar-refractivity contribution is -0.122. The van der Waals surface area contributed by atoms with Gasteiger partial charge in [-0.05, 0) is 55.4 Å². The Labute approximate surface area is 164 Å². The van der Waals surface area contributed by atoms with Crippen LogP contribution in [0.3, 0.4) is 0 Å². The number of aliphatic hydroxyl groups is 1. The van der Waals surface area contributed by atoms with Crippen molar-refractivity contribution in [1.82, 2.24) is 4.90 Å². The van der Waals surface area contributed by atoms with Gasteiger partial charge in [-0.2, -0.15) is 0 Å². The van der Waals surface area contributed by atoms with Crippen molar-refractivity contribution in [2.24, 2.45) is 5.92 Å². The molecule has 8 heteroatoms. The van der Waals surface area contributed by atoms with E-state index in [-0.39, 0.29) is 24.2 Å². The van der Waals surface area contributed by atoms with Gasteiger partial charge in [-0.15, -0.1) is 11.3 Å². The predicted molar refractivity (Wildman–Crippen MR) is 106 cm³/mol. The van der Waals surface area contributed by atoms with Crippen molar-refractivity contribution in [2.75, 3.05) is 25.4 Å². The minimum Gasteiger partial charge on any atom is -0.483 e. The van der Waals surface area contributed by atoms with Gasteiger partial charge in [0.25, 0.3) is 6.47 Å². The molecule has 0 bridgehead atoms. The Morgan fingerprint density at radius 2 is 1.78 bits per heavy atom. The summed E-state index contributed by atoms with van der Waals surface area (Å²) in [5, 5.41) is 19.3. The van der Waals surface area contributed by atoms with Gasteiger partial charge in [-0.3, -0.25) is 4.79 Å². The van der Waals surface area contributed by atoms with E-state index >= 15 is 0 Å². The summed E-state index contributed by atoms with van der Waals surface area (Å²) >= 11 is 1.59. The van der Waals surface area contributed by atoms with E-state index in [4.69, 9.17) is 9.90 Å². The van der Waals surface area contributed by atoms with Crippen LogP contribution >= 0.6 is 11.3 Å². The Morgan fingerprint density at radius 1 is 1.15 bits per heavy atom. The lowest BCUT2D eigenvalue weighted by atomic mass is 9.90. The largest absolute Gasteiger partial charge is 0.483 e. The molecular weight excluding hydrogens is 386 g/mol. The van der Waals surface area contributed by atoms with Crippen LogP contribution in [0.25, 0.3) is 0 Å². The van der Waals surface area contributed by atoms with Crippen molar-refractivity contribution in [2.45, 2.75) is 23.8 Å². The van der Waals surface area contributed by atoms with Crippen molar-refractivity contribution >= 4 is 27.6 Å². The molecule has 2 aromatic rings. The van der Waals surface area contributed by atoms with Crippen LogP contribution in [0.15, 0.2) is 52.7 Å². The number of hydrogen-bond donors (Lipinski definition) is 2. The highest BCUT2D eigenvalue weighted by Crippen LogP contribution is 2.32. The van der Waals surface area contributed by atoms with Gasteiger partial charge in [0.2, 0.25) is 0 Å². The van der Waals surface area contributed by atoms with Gasteiger partial charge in [-0.1, -0.05) is 24.3 Å². The number of carboxylic acid groups (broad SMARTS) is 1. The van der Waals surface area contributed by atoms with Crippen LogP contribution in [-0.2, 0) is 14.6 Å². The second-order valence-corrected chi connectivity index (χ2v) is 9.47. The van der Waals surface area contributed by atoms with Gasteiger partial charge in [0.1, 0.15) is 0 Å². The molecule has 2 heterocycles. The first-order valence-electron chi connectivity index (χ1n) is 8.77. The third-order valence-electron chi connectivity index (χ3n) is 4.69. The highest BCUT2D eigenvalue weighted by molar-refractivity contribution is 7.91. The molecule has 1 aliphatic rings. The van der Waals surface area contributed by atoms with Crippen molar-refractivity contribution in [3.05, 3.63) is 52.7 Å². The number of piperidine rings is 1. The molecule has 0 radical (unpaired) electrons. The molecule has 1 fully saturated rings. The van der Waals surface area contributed by atoms with Gasteiger partial charge in [-0.25, -0.2) is 8.42 Å². The first-order valence-corrected chi connectivity index (χ1v) is 11.3. The molecule has 3 rings (SSSR count). The van der Waals surface area contributed by atoms with Crippen molar-refractivity contribution < 1.29 is 23.4 Å². The normalized spacial score (nSPS) is 16.9. The molecule has 148 valence electrons. The standard InChI is InChI=1S/C18H23NO3S2.CH2O2/c20-18(17-7-4-13-23-17)15-8-10-19(11-9-15)12-14-24(21,22)16-5-2-1-3-6-16;2-1-3/h1-7,13,15,18,20H,8-12,14H2;1H,(H,2,3). The summed E-state index contributed by atoms with van der Waals surface area (Å²) in [4.78, 5) is 12.0. The monoisotopic (exact) mass is 411 g/mol. The molecule has 0 spiro atoms. The number of carbonyl (C=O) groups is 1. The maximum atomic E-state index is 12.3. The van der Waals surface area contributed by atoms with E-state index < -0.39 is 9.84 Å². The van der Waals surface area contributed by atoms with E-state index in [2.05, 4.69) is 4.90 Å². The summed E-state index contributed by atoms with van der Waals surface area (Å²) in [6.45, 7) is 1.99. The number of thiophene rings is 1. The van der Waals surface area contributed by atoms with E-state index in [0.717, 1.165) is 30.8 Å². The Bertz CT molecular complexity index is 770. The van der Waals surface area contributed by atoms with Gasteiger partial charge < -0.3 is 15.1 Å². The number of benzene rings is 1. The molecule has 2 N–H and O–H groups in total. The third-order valence-corrected chi connectivity index (χ3v) is 7.35. The second kappa shape index (κ2) is 10.6. The molecule has 1 atom stereocenters. The van der Waals surface area contributed by atoms with Crippen LogP contribution < -0.4 is 0 Å². The first-order chi connectivity index (χ1) is 13.0. The molecule has 1 aromatic carbocycles. The molecular formula is C19H25NO5S2. The van der Waals surface area contributed by atoms with Crippen molar-refractivity contribution in [1.29, 1.82) is 0 Å². The van der Waals surface area contributed by atoms with E-state index in [0.29, 0.717) is 11.4 Å². The van der Waals surface area contributed by atoms with Gasteiger partial charge in [0.05, 0.1) is 16.8 Å². The molecule has 0 saturated carbocycles. The number of rotatable bonds is 6. The molecule has 0 amide bonds. The van der Waals surface area contributed by atoms with Crippen molar-refractivity contribution in [3.63, 3.8) is 0 Å². The smallest absolute Gasteiger partial charge is 0.290 e. The molecule has 1 aliphatic heterocycles. The average molecular weight is 412 g/mol. The lowest BCUT2D eigenvalue weighted by Gasteiger charge is -2.33. The molecule has 6 nitrogen and oxygen atoms in total. The molecule has 1 unspecified atom stereocenters. The molecule has 1 aromatic heterocycles. The molecule has 0 aliphatic carbocycles. The Hall–Kier alpha value is -1.74. The fraction of sp³-hybridized carbons (Fsp3) is 0.421. The van der Waals surface area contributed by atoms with E-state index in [1.165, 1.54) is 0 Å². The predicted octanol–water partition coefficient (Wildman–Crippen LogP) is 2.67. The number of nitrogens with zero attached hydrogens (tertiary/aromatic N) is 1. The maximum Gasteiger partial charge on any atom is 0.290 e. The van der Waals surface area contributed by atoms with E-state index in [9.17, 15) is 13.5 Å². The average Bonchev–Trinajstić information content (AvgIpc) is 3.22. The minimum atomic E-state index is -3.21. The quantitative estimate of drug-likeness (QED) is 0.710. The summed E-state index contributed by atoms with van der Waals surface area (Å²) in [5.74, 6) is 0.417. The van der Waals surface area contributed by atoms with Crippen LogP contribution in [0, 0.1) is 5.92 Å². The van der Waals surface area contributed by atoms with Gasteiger partial charge in [0.15, 0.2) is 9.84 Å². The van der Waals surface area contributed by atoms with Gasteiger partial charge in [0, 0.05) is 11.4 Å². The topological polar surface area (TPSA) is 94.9 Å². The van der Waals surface area contributed by atoms with Crippen LogP contribution in [0.2, 0.25) is 0 Å². The number of likely N-dealkylation sites (tertiary alicyclic amines) is 1. The summed E-state index contributed by atoms with van der Waals surface area (Å²) in [6, 6.07) is 12.6. The van der Waals surface area contributed by atoms with Crippen LogP contribution in [0.5, 0.6) is 0 Å². The zero-order valence-corrected chi connectivity index (χ0v) is 16.6. The maximum absolute atomic E-state index is 12.3. The molecule has 27 heavy (non-hydrogen) atoms. The van der Waals surface area contributed by atoms with E-state index in [1.807, 2.05) is 23.6 Å². The molecule has 1 saturated heterocycles. The van der Waals surface area contributed by atoms with Gasteiger partial charge >= 0.3 is 0 Å². The summed E-state index contributed by atoms with van der Waals surface area (Å²) in [6.07, 6.45) is 1.43. The summed E-state index contributed by atoms with van der Waals surface area (Å²) < 4.78 is 24.7. The third kappa shape index (κ3) is 6.42. The fourth-order valence-electron chi connectivity index (χ4n) is 3.18. The van der Waals surface area contributed by atoms with E-state index in [1.54, 1.807) is 35.6 Å². The lowest BCUT2D eigenvalue weighted by Crippen LogP contribution is -2.38. The van der Waals surface area contributed by atoms with Crippen LogP contribution in [0.1, 0.15) is 23.8 Å². The highest BCUT2D eigenvalue weighted by Gasteiger charge is 2.27. The summed E-state index contributed by atoms with van der Waals surface area (Å²) in [5.41, 5.74) is 0. The number of hydrogen-bond acceptors (Lipinski definition) is 6. The Balaban J connectivity index is 0.000000817. The fourth-order valence-corrected chi connectivity index (χ4v) is 5.29. The zero-order valence-electron chi connectivity index (χ0n) is 15.0. The zero-order chi connectivity index (χ0) is 19.7. The second-order valence-electron chi connectivity index (χ2n) is 6.38. The highest BCUT2D eigenvalue weighted by atomic mass is 32.2. The minimum absolute atomic E-state index is 0.148. The van der Waals surface area contributed by atoms with Crippen molar-refractivity contribution in [3.8, 4) is 0 Å². The summed E-state index contributed by atoms with van der Waals surface area (Å²) in [7, 11) is -3.21. The first kappa shape index (κ1) is 21.6.